The van der Waals surface area contributed by atoms with Crippen molar-refractivity contribution in [3.05, 3.63) is 33.8 Å². The molecule has 0 saturated carbocycles. The maximum absolute atomic E-state index is 12.5. The number of carbonyl (C=O) groups is 1. The van der Waals surface area contributed by atoms with Gasteiger partial charge < -0.3 is 0 Å². The topological polar surface area (TPSA) is 17.1 Å². The van der Waals surface area contributed by atoms with Crippen LogP contribution in [0.15, 0.2) is 22.7 Å². The molecule has 1 aliphatic rings. The van der Waals surface area contributed by atoms with E-state index in [-0.39, 0.29) is 5.41 Å². The van der Waals surface area contributed by atoms with Gasteiger partial charge in [0.15, 0.2) is 5.78 Å². The molecule has 1 aromatic carbocycles. The molecular formula is C14H17BrO. The van der Waals surface area contributed by atoms with Gasteiger partial charge in [0, 0.05) is 15.5 Å². The number of fused-ring (bicyclic) bond motifs is 1. The number of benzene rings is 1. The summed E-state index contributed by atoms with van der Waals surface area (Å²) >= 11 is 3.44. The number of carbonyl (C=O) groups excluding carboxylic acids is 1. The van der Waals surface area contributed by atoms with E-state index in [1.54, 1.807) is 0 Å². The van der Waals surface area contributed by atoms with Gasteiger partial charge in [-0.05, 0) is 37.0 Å². The van der Waals surface area contributed by atoms with Gasteiger partial charge in [-0.3, -0.25) is 4.79 Å². The SMILES string of the molecule is CCCC1(CC)Cc2ccc(Br)cc2C1=O. The second-order valence-electron chi connectivity index (χ2n) is 4.69. The van der Waals surface area contributed by atoms with Crippen LogP contribution in [0.3, 0.4) is 0 Å². The molecule has 1 unspecified atom stereocenters. The van der Waals surface area contributed by atoms with Gasteiger partial charge in [-0.2, -0.15) is 0 Å². The standard InChI is InChI=1S/C14H17BrO/c1-3-7-14(4-2)9-10-5-6-11(15)8-12(10)13(14)16/h5-6,8H,3-4,7,9H2,1-2H3. The first kappa shape index (κ1) is 11.8. The molecule has 1 atom stereocenters. The summed E-state index contributed by atoms with van der Waals surface area (Å²) in [5.41, 5.74) is 2.05. The molecule has 1 nitrogen and oxygen atoms in total. The van der Waals surface area contributed by atoms with Crippen LogP contribution in [-0.2, 0) is 6.42 Å². The van der Waals surface area contributed by atoms with Crippen molar-refractivity contribution in [2.24, 2.45) is 5.41 Å². The van der Waals surface area contributed by atoms with Gasteiger partial charge in [0.25, 0.3) is 0 Å². The molecular weight excluding hydrogens is 264 g/mol. The molecule has 0 N–H and O–H groups in total. The van der Waals surface area contributed by atoms with Gasteiger partial charge in [-0.25, -0.2) is 0 Å². The van der Waals surface area contributed by atoms with Crippen LogP contribution in [0.5, 0.6) is 0 Å². The number of hydrogen-bond donors (Lipinski definition) is 0. The normalized spacial score (nSPS) is 23.6. The molecule has 0 radical (unpaired) electrons. The van der Waals surface area contributed by atoms with Crippen molar-refractivity contribution in [3.8, 4) is 0 Å². The second kappa shape index (κ2) is 4.33. The molecule has 0 amide bonds. The minimum Gasteiger partial charge on any atom is -0.294 e. The van der Waals surface area contributed by atoms with Gasteiger partial charge in [-0.15, -0.1) is 0 Å². The Labute approximate surface area is 105 Å². The number of rotatable bonds is 3. The lowest BCUT2D eigenvalue weighted by Gasteiger charge is -2.24. The van der Waals surface area contributed by atoms with Crippen LogP contribution < -0.4 is 0 Å². The van der Waals surface area contributed by atoms with Crippen molar-refractivity contribution in [1.29, 1.82) is 0 Å². The van der Waals surface area contributed by atoms with E-state index in [1.165, 1.54) is 5.56 Å². The highest BCUT2D eigenvalue weighted by atomic mass is 79.9. The molecule has 0 heterocycles. The van der Waals surface area contributed by atoms with Crippen LogP contribution in [0.4, 0.5) is 0 Å². The Hall–Kier alpha value is -0.630. The fourth-order valence-electron chi connectivity index (χ4n) is 2.79. The summed E-state index contributed by atoms with van der Waals surface area (Å²) < 4.78 is 1.00. The van der Waals surface area contributed by atoms with E-state index >= 15 is 0 Å². The lowest BCUT2D eigenvalue weighted by Crippen LogP contribution is -2.26. The van der Waals surface area contributed by atoms with Gasteiger partial charge in [0.1, 0.15) is 0 Å². The first-order chi connectivity index (χ1) is 7.63. The molecule has 0 aliphatic heterocycles. The summed E-state index contributed by atoms with van der Waals surface area (Å²) in [7, 11) is 0. The zero-order chi connectivity index (χ0) is 11.8. The molecule has 0 fully saturated rings. The van der Waals surface area contributed by atoms with Crippen LogP contribution in [0, 0.1) is 5.41 Å². The van der Waals surface area contributed by atoms with Crippen molar-refractivity contribution < 1.29 is 4.79 Å². The monoisotopic (exact) mass is 280 g/mol. The van der Waals surface area contributed by atoms with E-state index in [9.17, 15) is 4.79 Å². The average Bonchev–Trinajstić information content (AvgIpc) is 2.54. The third kappa shape index (κ3) is 1.73. The lowest BCUT2D eigenvalue weighted by atomic mass is 9.77. The first-order valence-electron chi connectivity index (χ1n) is 5.96. The predicted octanol–water partition coefficient (Wildman–Crippen LogP) is 4.38. The second-order valence-corrected chi connectivity index (χ2v) is 5.61. The van der Waals surface area contributed by atoms with Crippen molar-refractivity contribution in [2.45, 2.75) is 39.5 Å². The third-order valence-corrected chi connectivity index (χ3v) is 4.23. The highest BCUT2D eigenvalue weighted by Crippen LogP contribution is 2.43. The highest BCUT2D eigenvalue weighted by Gasteiger charge is 2.42. The predicted molar refractivity (Wildman–Crippen MR) is 69.8 cm³/mol. The number of halogens is 1. The zero-order valence-electron chi connectivity index (χ0n) is 9.85. The largest absolute Gasteiger partial charge is 0.294 e. The summed E-state index contributed by atoms with van der Waals surface area (Å²) in [6.45, 7) is 4.29. The molecule has 2 rings (SSSR count). The lowest BCUT2D eigenvalue weighted by molar-refractivity contribution is 0.0795. The van der Waals surface area contributed by atoms with Gasteiger partial charge in [-0.1, -0.05) is 42.3 Å². The fourth-order valence-corrected chi connectivity index (χ4v) is 3.15. The smallest absolute Gasteiger partial charge is 0.169 e. The van der Waals surface area contributed by atoms with Crippen LogP contribution in [0.25, 0.3) is 0 Å². The van der Waals surface area contributed by atoms with Gasteiger partial charge in [0.2, 0.25) is 0 Å². The van der Waals surface area contributed by atoms with E-state index in [1.807, 2.05) is 12.1 Å². The van der Waals surface area contributed by atoms with Gasteiger partial charge in [0.05, 0.1) is 0 Å². The molecule has 16 heavy (non-hydrogen) atoms. The Morgan fingerprint density at radius 1 is 1.38 bits per heavy atom. The summed E-state index contributed by atoms with van der Waals surface area (Å²) in [5.74, 6) is 0.355. The molecule has 0 saturated heterocycles. The summed E-state index contributed by atoms with van der Waals surface area (Å²) in [4.78, 5) is 12.5. The Kier molecular flexibility index (Phi) is 3.20. The minimum absolute atomic E-state index is 0.113. The summed E-state index contributed by atoms with van der Waals surface area (Å²) in [5, 5.41) is 0. The van der Waals surface area contributed by atoms with Crippen molar-refractivity contribution in [3.63, 3.8) is 0 Å². The Morgan fingerprint density at radius 3 is 2.75 bits per heavy atom. The molecule has 86 valence electrons. The van der Waals surface area contributed by atoms with E-state index in [0.29, 0.717) is 5.78 Å². The highest BCUT2D eigenvalue weighted by molar-refractivity contribution is 9.10. The van der Waals surface area contributed by atoms with Crippen molar-refractivity contribution >= 4 is 21.7 Å². The number of ketones is 1. The average molecular weight is 281 g/mol. The molecule has 1 aliphatic carbocycles. The maximum atomic E-state index is 12.5. The summed E-state index contributed by atoms with van der Waals surface area (Å²) in [6.07, 6.45) is 3.97. The van der Waals surface area contributed by atoms with Crippen molar-refractivity contribution in [1.82, 2.24) is 0 Å². The van der Waals surface area contributed by atoms with Crippen LogP contribution in [0.2, 0.25) is 0 Å². The molecule has 0 aromatic heterocycles. The minimum atomic E-state index is -0.113. The zero-order valence-corrected chi connectivity index (χ0v) is 11.4. The van der Waals surface area contributed by atoms with E-state index < -0.39 is 0 Å². The Balaban J connectivity index is 2.43. The van der Waals surface area contributed by atoms with Crippen LogP contribution in [0.1, 0.15) is 49.0 Å². The van der Waals surface area contributed by atoms with E-state index in [2.05, 4.69) is 35.8 Å². The number of Topliss-reactive ketones (excluding diaryl/α,β-unsaturated/α-hetero) is 1. The van der Waals surface area contributed by atoms with Crippen LogP contribution in [-0.4, -0.2) is 5.78 Å². The number of hydrogen-bond acceptors (Lipinski definition) is 1. The van der Waals surface area contributed by atoms with Gasteiger partial charge >= 0.3 is 0 Å². The Bertz CT molecular complexity index is 425. The molecule has 1 aromatic rings. The first-order valence-corrected chi connectivity index (χ1v) is 6.75. The van der Waals surface area contributed by atoms with E-state index in [4.69, 9.17) is 0 Å². The molecule has 0 bridgehead atoms. The van der Waals surface area contributed by atoms with E-state index in [0.717, 1.165) is 35.7 Å². The Morgan fingerprint density at radius 2 is 2.12 bits per heavy atom. The quantitative estimate of drug-likeness (QED) is 0.803. The van der Waals surface area contributed by atoms with Crippen LogP contribution >= 0.6 is 15.9 Å². The maximum Gasteiger partial charge on any atom is 0.169 e. The molecule has 0 spiro atoms. The summed E-state index contributed by atoms with van der Waals surface area (Å²) in [6, 6.07) is 6.10. The van der Waals surface area contributed by atoms with Crippen molar-refractivity contribution in [2.75, 3.05) is 0 Å². The third-order valence-electron chi connectivity index (χ3n) is 3.73. The molecule has 2 heteroatoms. The fraction of sp³-hybridized carbons (Fsp3) is 0.500.